The van der Waals surface area contributed by atoms with Crippen molar-refractivity contribution in [1.82, 2.24) is 4.90 Å². The van der Waals surface area contributed by atoms with E-state index in [2.05, 4.69) is 0 Å². The highest BCUT2D eigenvalue weighted by atomic mass is 32.1. The number of thiophene rings is 1. The van der Waals surface area contributed by atoms with E-state index in [0.29, 0.717) is 10.6 Å². The molecule has 1 aromatic carbocycles. The molecule has 108 valence electrons. The molecule has 0 atom stereocenters. The zero-order chi connectivity index (χ0) is 15.1. The first-order valence-corrected chi connectivity index (χ1v) is 7.27. The van der Waals surface area contributed by atoms with E-state index >= 15 is 0 Å². The fraction of sp³-hybridized carbons (Fsp3) is 0.400. The van der Waals surface area contributed by atoms with E-state index in [9.17, 15) is 9.90 Å². The highest BCUT2D eigenvalue weighted by Gasteiger charge is 2.24. The van der Waals surface area contributed by atoms with Crippen LogP contribution in [0.2, 0.25) is 0 Å². The molecule has 0 aliphatic rings. The van der Waals surface area contributed by atoms with Crippen LogP contribution < -0.4 is 5.73 Å². The maximum atomic E-state index is 12.4. The Morgan fingerprint density at radius 3 is 2.70 bits per heavy atom. The first-order valence-electron chi connectivity index (χ1n) is 6.45. The van der Waals surface area contributed by atoms with Crippen LogP contribution in [0.5, 0.6) is 0 Å². The number of aryl methyl sites for hydroxylation is 1. The summed E-state index contributed by atoms with van der Waals surface area (Å²) in [6, 6.07) is 5.96. The molecule has 3 N–H and O–H groups in total. The zero-order valence-electron chi connectivity index (χ0n) is 12.2. The minimum absolute atomic E-state index is 0.150. The van der Waals surface area contributed by atoms with Crippen LogP contribution in [0.15, 0.2) is 18.2 Å². The second-order valence-corrected chi connectivity index (χ2v) is 6.87. The van der Waals surface area contributed by atoms with Crippen LogP contribution in [0.25, 0.3) is 10.1 Å². The van der Waals surface area contributed by atoms with Gasteiger partial charge in [0, 0.05) is 23.7 Å². The summed E-state index contributed by atoms with van der Waals surface area (Å²) in [4.78, 5) is 14.5. The lowest BCUT2D eigenvalue weighted by Gasteiger charge is -2.25. The van der Waals surface area contributed by atoms with Crippen LogP contribution >= 0.6 is 11.3 Å². The minimum Gasteiger partial charge on any atom is -0.397 e. The number of rotatable bonds is 3. The Labute approximate surface area is 122 Å². The van der Waals surface area contributed by atoms with E-state index in [1.54, 1.807) is 20.9 Å². The lowest BCUT2D eigenvalue weighted by molar-refractivity contribution is 0.0371. The minimum atomic E-state index is -0.924. The number of benzene rings is 1. The van der Waals surface area contributed by atoms with E-state index in [-0.39, 0.29) is 12.5 Å². The van der Waals surface area contributed by atoms with E-state index in [1.165, 1.54) is 16.2 Å². The summed E-state index contributed by atoms with van der Waals surface area (Å²) in [5.74, 6) is -0.150. The van der Waals surface area contributed by atoms with Crippen LogP contribution in [-0.4, -0.2) is 35.1 Å². The van der Waals surface area contributed by atoms with Gasteiger partial charge in [-0.25, -0.2) is 0 Å². The van der Waals surface area contributed by atoms with Gasteiger partial charge in [0.25, 0.3) is 5.91 Å². The Balaban J connectivity index is 2.37. The van der Waals surface area contributed by atoms with E-state index in [1.807, 2.05) is 25.1 Å². The highest BCUT2D eigenvalue weighted by molar-refractivity contribution is 7.21. The molecule has 0 saturated carbocycles. The van der Waals surface area contributed by atoms with Crippen LogP contribution in [0.4, 0.5) is 5.69 Å². The lowest BCUT2D eigenvalue weighted by Crippen LogP contribution is -2.39. The van der Waals surface area contributed by atoms with E-state index in [0.717, 1.165) is 15.6 Å². The second-order valence-electron chi connectivity index (χ2n) is 5.82. The molecule has 2 aromatic rings. The normalized spacial score (nSPS) is 11.8. The number of nitrogens with zero attached hydrogens (tertiary/aromatic N) is 1. The molecule has 0 saturated heterocycles. The monoisotopic (exact) mass is 292 g/mol. The van der Waals surface area contributed by atoms with Gasteiger partial charge < -0.3 is 15.7 Å². The third-order valence-electron chi connectivity index (χ3n) is 3.05. The SMILES string of the molecule is Cc1ccc2c(N)c(C(=O)N(C)CC(C)(C)O)sc2c1. The molecule has 4 nitrogen and oxygen atoms in total. The number of anilines is 1. The van der Waals surface area contributed by atoms with Crippen LogP contribution in [-0.2, 0) is 0 Å². The molecular formula is C15H20N2O2S. The predicted octanol–water partition coefficient (Wildman–Crippen LogP) is 2.63. The molecule has 2 rings (SSSR count). The lowest BCUT2D eigenvalue weighted by atomic mass is 10.1. The molecule has 0 radical (unpaired) electrons. The van der Waals surface area contributed by atoms with Gasteiger partial charge in [0.2, 0.25) is 0 Å². The van der Waals surface area contributed by atoms with Crippen molar-refractivity contribution in [3.8, 4) is 0 Å². The standard InChI is InChI=1S/C15H20N2O2S/c1-9-5-6-10-11(7-9)20-13(12(10)16)14(18)17(4)8-15(2,3)19/h5-7,19H,8,16H2,1-4H3. The van der Waals surface area contributed by atoms with Crippen molar-refractivity contribution < 1.29 is 9.90 Å². The van der Waals surface area contributed by atoms with Crippen molar-refractivity contribution in [1.29, 1.82) is 0 Å². The molecule has 1 heterocycles. The van der Waals surface area contributed by atoms with E-state index in [4.69, 9.17) is 5.73 Å². The number of nitrogen functional groups attached to an aromatic ring is 1. The van der Waals surface area contributed by atoms with Gasteiger partial charge in [-0.2, -0.15) is 0 Å². The average molecular weight is 292 g/mol. The molecule has 20 heavy (non-hydrogen) atoms. The number of amides is 1. The third kappa shape index (κ3) is 2.94. The molecule has 0 spiro atoms. The topological polar surface area (TPSA) is 66.6 Å². The van der Waals surface area contributed by atoms with Crippen LogP contribution in [0, 0.1) is 6.92 Å². The summed E-state index contributed by atoms with van der Waals surface area (Å²) >= 11 is 1.40. The van der Waals surface area contributed by atoms with Crippen LogP contribution in [0.1, 0.15) is 29.1 Å². The summed E-state index contributed by atoms with van der Waals surface area (Å²) in [5, 5.41) is 10.7. The number of likely N-dealkylation sites (N-methyl/N-ethyl adjacent to an activating group) is 1. The Morgan fingerprint density at radius 1 is 1.45 bits per heavy atom. The highest BCUT2D eigenvalue weighted by Crippen LogP contribution is 2.34. The molecule has 5 heteroatoms. The van der Waals surface area contributed by atoms with Crippen molar-refractivity contribution in [2.24, 2.45) is 0 Å². The first kappa shape index (κ1) is 14.8. The van der Waals surface area contributed by atoms with Gasteiger partial charge >= 0.3 is 0 Å². The maximum absolute atomic E-state index is 12.4. The predicted molar refractivity (Wildman–Crippen MR) is 84.2 cm³/mol. The number of hydrogen-bond acceptors (Lipinski definition) is 4. The Kier molecular flexibility index (Phi) is 3.75. The number of carbonyl (C=O) groups is 1. The summed E-state index contributed by atoms with van der Waals surface area (Å²) < 4.78 is 1.02. The van der Waals surface area contributed by atoms with Crippen molar-refractivity contribution in [3.05, 3.63) is 28.6 Å². The Hall–Kier alpha value is -1.59. The fourth-order valence-corrected chi connectivity index (χ4v) is 3.42. The van der Waals surface area contributed by atoms with Gasteiger partial charge in [-0.05, 0) is 32.4 Å². The molecule has 0 aliphatic heterocycles. The van der Waals surface area contributed by atoms with Gasteiger partial charge in [0.1, 0.15) is 4.88 Å². The van der Waals surface area contributed by atoms with Gasteiger partial charge in [-0.15, -0.1) is 11.3 Å². The number of hydrogen-bond donors (Lipinski definition) is 2. The molecule has 1 amide bonds. The number of carbonyl (C=O) groups excluding carboxylic acids is 1. The molecular weight excluding hydrogens is 272 g/mol. The van der Waals surface area contributed by atoms with Crippen LogP contribution in [0.3, 0.4) is 0 Å². The number of fused-ring (bicyclic) bond motifs is 1. The molecule has 1 aromatic heterocycles. The number of nitrogens with two attached hydrogens (primary N) is 1. The Morgan fingerprint density at radius 2 is 2.10 bits per heavy atom. The molecule has 0 unspecified atom stereocenters. The van der Waals surface area contributed by atoms with E-state index < -0.39 is 5.60 Å². The molecule has 0 fully saturated rings. The maximum Gasteiger partial charge on any atom is 0.265 e. The first-order chi connectivity index (χ1) is 9.19. The summed E-state index contributed by atoms with van der Waals surface area (Å²) in [7, 11) is 1.68. The quantitative estimate of drug-likeness (QED) is 0.914. The van der Waals surface area contributed by atoms with Crippen molar-refractivity contribution in [2.45, 2.75) is 26.4 Å². The summed E-state index contributed by atoms with van der Waals surface area (Å²) in [6.45, 7) is 5.62. The fourth-order valence-electron chi connectivity index (χ4n) is 2.21. The average Bonchev–Trinajstić information content (AvgIpc) is 2.63. The summed E-state index contributed by atoms with van der Waals surface area (Å²) in [6.07, 6.45) is 0. The van der Waals surface area contributed by atoms with Gasteiger partial charge in [-0.3, -0.25) is 4.79 Å². The van der Waals surface area contributed by atoms with Crippen molar-refractivity contribution in [2.75, 3.05) is 19.3 Å². The van der Waals surface area contributed by atoms with Gasteiger partial charge in [0.15, 0.2) is 0 Å². The van der Waals surface area contributed by atoms with Crippen molar-refractivity contribution in [3.63, 3.8) is 0 Å². The molecule has 0 aliphatic carbocycles. The largest absolute Gasteiger partial charge is 0.397 e. The van der Waals surface area contributed by atoms with Gasteiger partial charge in [0.05, 0.1) is 11.3 Å². The third-order valence-corrected chi connectivity index (χ3v) is 4.21. The Bertz CT molecular complexity index is 656. The summed E-state index contributed by atoms with van der Waals surface area (Å²) in [5.41, 5.74) is 6.83. The second kappa shape index (κ2) is 5.07. The van der Waals surface area contributed by atoms with Crippen molar-refractivity contribution >= 4 is 33.0 Å². The number of aliphatic hydroxyl groups is 1. The molecule has 0 bridgehead atoms. The smallest absolute Gasteiger partial charge is 0.265 e. The van der Waals surface area contributed by atoms with Gasteiger partial charge in [-0.1, -0.05) is 12.1 Å². The zero-order valence-corrected chi connectivity index (χ0v) is 13.0.